The van der Waals surface area contributed by atoms with E-state index in [9.17, 15) is 9.13 Å². The Morgan fingerprint density at radius 2 is 1.79 bits per heavy atom. The molecule has 2 rings (SSSR count). The number of nitrogens with one attached hydrogen (secondary N) is 2. The third-order valence-corrected chi connectivity index (χ3v) is 2.20. The van der Waals surface area contributed by atoms with Crippen molar-refractivity contribution < 1.29 is 9.13 Å². The molecule has 0 atom stereocenters. The first-order valence-electron chi connectivity index (χ1n) is 3.80. The van der Waals surface area contributed by atoms with Crippen LogP contribution in [-0.2, 0) is 9.13 Å². The summed E-state index contributed by atoms with van der Waals surface area (Å²) < 4.78 is 18.4. The minimum Gasteiger partial charge on any atom is -0.361 e. The average Bonchev–Trinajstić information content (AvgIpc) is 2.67. The molecule has 6 heteroatoms. The van der Waals surface area contributed by atoms with Crippen molar-refractivity contribution in [2.45, 2.75) is 0 Å². The van der Waals surface area contributed by atoms with Crippen LogP contribution in [0.25, 0.3) is 10.9 Å². The van der Waals surface area contributed by atoms with Gasteiger partial charge in [0.25, 0.3) is 17.2 Å². The summed E-state index contributed by atoms with van der Waals surface area (Å²) in [4.78, 5) is 5.06. The maximum atomic E-state index is 9.18. The molecular formula is C8H8N2O2P2. The Balaban J connectivity index is 0.000000171. The molecule has 0 aliphatic rings. The summed E-state index contributed by atoms with van der Waals surface area (Å²) in [7, 11) is -0.590. The van der Waals surface area contributed by atoms with Crippen LogP contribution < -0.4 is 4.86 Å². The van der Waals surface area contributed by atoms with Crippen LogP contribution in [0, 0.1) is 0 Å². The summed E-state index contributed by atoms with van der Waals surface area (Å²) in [6, 6.07) is 10.3. The first kappa shape index (κ1) is 11.0. The molecule has 0 aliphatic heterocycles. The van der Waals surface area contributed by atoms with Crippen molar-refractivity contribution in [1.29, 1.82) is 0 Å². The highest BCUT2D eigenvalue weighted by Crippen LogP contribution is 2.09. The van der Waals surface area contributed by atoms with Crippen LogP contribution in [0.3, 0.4) is 0 Å². The van der Waals surface area contributed by atoms with E-state index in [0.717, 1.165) is 0 Å². The molecule has 1 aromatic heterocycles. The third-order valence-electron chi connectivity index (χ3n) is 1.54. The Bertz CT molecular complexity index is 380. The van der Waals surface area contributed by atoms with Gasteiger partial charge in [-0.3, -0.25) is 9.13 Å². The van der Waals surface area contributed by atoms with E-state index in [1.54, 1.807) is 0 Å². The van der Waals surface area contributed by atoms with E-state index in [1.165, 1.54) is 10.9 Å². The lowest BCUT2D eigenvalue weighted by Gasteiger charge is -1.83. The van der Waals surface area contributed by atoms with Crippen molar-refractivity contribution in [3.63, 3.8) is 0 Å². The largest absolute Gasteiger partial charge is 0.361 e. The number of hydrogen-bond acceptors (Lipinski definition) is 2. The lowest BCUT2D eigenvalue weighted by Crippen LogP contribution is -1.63. The topological polar surface area (TPSA) is 62.0 Å². The van der Waals surface area contributed by atoms with Crippen molar-refractivity contribution in [3.8, 4) is 0 Å². The van der Waals surface area contributed by atoms with Crippen molar-refractivity contribution in [2.24, 2.45) is 0 Å². The van der Waals surface area contributed by atoms with Gasteiger partial charge in [0.2, 0.25) is 0 Å². The molecule has 14 heavy (non-hydrogen) atoms. The van der Waals surface area contributed by atoms with Crippen molar-refractivity contribution in [1.82, 2.24) is 9.84 Å². The lowest BCUT2D eigenvalue weighted by atomic mass is 10.3. The van der Waals surface area contributed by atoms with Gasteiger partial charge in [-0.05, 0) is 17.5 Å². The third kappa shape index (κ3) is 3.35. The number of fused-ring (bicyclic) bond motifs is 1. The summed E-state index contributed by atoms with van der Waals surface area (Å²) in [5.74, 6) is 0. The minimum atomic E-state index is -0.295. The van der Waals surface area contributed by atoms with Crippen LogP contribution in [0.15, 0.2) is 36.5 Å². The highest BCUT2D eigenvalue weighted by Gasteiger charge is 1.86. The maximum Gasteiger partial charge on any atom is 0.257 e. The number of rotatable bonds is 2. The smallest absolute Gasteiger partial charge is 0.257 e. The minimum absolute atomic E-state index is 0.295. The maximum absolute atomic E-state index is 9.18. The highest BCUT2D eigenvalue weighted by atomic mass is 31.1. The Morgan fingerprint density at radius 1 is 1.07 bits per heavy atom. The fraction of sp³-hybridized carbons (Fsp3) is 0. The summed E-state index contributed by atoms with van der Waals surface area (Å²) in [5, 5.41) is 1.28. The SMILES string of the molecule is O=PNP=O.c1ccc2[nH]ccc2c1. The average molecular weight is 226 g/mol. The van der Waals surface area contributed by atoms with Gasteiger partial charge >= 0.3 is 0 Å². The van der Waals surface area contributed by atoms with Gasteiger partial charge in [0.05, 0.1) is 0 Å². The zero-order valence-corrected chi connectivity index (χ0v) is 8.96. The first-order chi connectivity index (χ1) is 6.88. The van der Waals surface area contributed by atoms with Crippen molar-refractivity contribution >= 4 is 28.1 Å². The van der Waals surface area contributed by atoms with Gasteiger partial charge in [0.15, 0.2) is 0 Å². The molecule has 0 aliphatic carbocycles. The monoisotopic (exact) mass is 226 g/mol. The van der Waals surface area contributed by atoms with Gasteiger partial charge in [0.1, 0.15) is 0 Å². The fourth-order valence-corrected chi connectivity index (χ4v) is 1.15. The number of para-hydroxylation sites is 1. The second kappa shape index (κ2) is 6.39. The molecule has 2 aromatic rings. The van der Waals surface area contributed by atoms with E-state index in [0.29, 0.717) is 0 Å². The molecule has 1 aromatic carbocycles. The van der Waals surface area contributed by atoms with Crippen LogP contribution >= 0.6 is 17.2 Å². The highest BCUT2D eigenvalue weighted by molar-refractivity contribution is 7.38. The van der Waals surface area contributed by atoms with E-state index >= 15 is 0 Å². The van der Waals surface area contributed by atoms with Gasteiger partial charge in [-0.1, -0.05) is 18.2 Å². The molecule has 0 saturated carbocycles. The summed E-state index contributed by atoms with van der Waals surface area (Å²) in [5.41, 5.74) is 1.21. The molecule has 2 N–H and O–H groups in total. The molecule has 0 fully saturated rings. The second-order valence-electron chi connectivity index (χ2n) is 2.35. The lowest BCUT2D eigenvalue weighted by molar-refractivity contribution is 0.589. The van der Waals surface area contributed by atoms with E-state index < -0.39 is 0 Å². The van der Waals surface area contributed by atoms with Crippen LogP contribution in [0.4, 0.5) is 0 Å². The molecule has 4 nitrogen and oxygen atoms in total. The molecule has 0 bridgehead atoms. The van der Waals surface area contributed by atoms with Crippen LogP contribution in [0.2, 0.25) is 0 Å². The Hall–Kier alpha value is -1.08. The van der Waals surface area contributed by atoms with Crippen LogP contribution in [-0.4, -0.2) is 4.98 Å². The van der Waals surface area contributed by atoms with E-state index in [1.807, 2.05) is 23.2 Å². The number of hydrogen-bond donors (Lipinski definition) is 2. The number of benzene rings is 1. The first-order valence-corrected chi connectivity index (χ1v) is 5.43. The number of aromatic nitrogens is 1. The molecule has 72 valence electrons. The molecule has 0 spiro atoms. The number of H-pyrrole nitrogens is 1. The zero-order chi connectivity index (χ0) is 10.2. The van der Waals surface area contributed by atoms with Gasteiger partial charge in [-0.25, -0.2) is 0 Å². The standard InChI is InChI=1S/C8H7N.HNO2P2/c1-2-4-8-7(3-1)5-6-9-8;2-4-1-5-3/h1-6,9H;(H,1,2,3). The Kier molecular flexibility index (Phi) is 5.02. The van der Waals surface area contributed by atoms with Crippen molar-refractivity contribution in [3.05, 3.63) is 36.5 Å². The number of aromatic amines is 1. The van der Waals surface area contributed by atoms with Gasteiger partial charge < -0.3 is 4.98 Å². The van der Waals surface area contributed by atoms with Crippen molar-refractivity contribution in [2.75, 3.05) is 0 Å². The molecular weight excluding hydrogens is 218 g/mol. The molecule has 0 amide bonds. The summed E-state index contributed by atoms with van der Waals surface area (Å²) in [6.45, 7) is 0. The van der Waals surface area contributed by atoms with Gasteiger partial charge in [0, 0.05) is 11.7 Å². The van der Waals surface area contributed by atoms with Crippen LogP contribution in [0.1, 0.15) is 0 Å². The molecule has 0 radical (unpaired) electrons. The summed E-state index contributed by atoms with van der Waals surface area (Å²) >= 11 is 0. The fourth-order valence-electron chi connectivity index (χ4n) is 1.01. The normalized spacial score (nSPS) is 10.0. The molecule has 1 heterocycles. The Labute approximate surface area is 84.2 Å². The van der Waals surface area contributed by atoms with E-state index in [4.69, 9.17) is 0 Å². The van der Waals surface area contributed by atoms with Crippen LogP contribution in [0.5, 0.6) is 0 Å². The van der Waals surface area contributed by atoms with E-state index in [-0.39, 0.29) is 17.2 Å². The second-order valence-corrected chi connectivity index (χ2v) is 3.51. The predicted molar refractivity (Wildman–Crippen MR) is 56.6 cm³/mol. The molecule has 0 saturated heterocycles. The van der Waals surface area contributed by atoms with Gasteiger partial charge in [-0.15, -0.1) is 0 Å². The zero-order valence-electron chi connectivity index (χ0n) is 7.18. The summed E-state index contributed by atoms with van der Waals surface area (Å²) in [6.07, 6.45) is 1.95. The Morgan fingerprint density at radius 3 is 2.36 bits per heavy atom. The quantitative estimate of drug-likeness (QED) is 0.773. The molecule has 0 unspecified atom stereocenters. The van der Waals surface area contributed by atoms with E-state index in [2.05, 4.69) is 23.2 Å². The predicted octanol–water partition coefficient (Wildman–Crippen LogP) is 3.16. The van der Waals surface area contributed by atoms with Gasteiger partial charge in [-0.2, -0.15) is 4.86 Å².